The Morgan fingerprint density at radius 1 is 0.739 bits per heavy atom. The average molecular weight is 379 g/mol. The van der Waals surface area contributed by atoms with E-state index in [9.17, 15) is 13.0 Å². The maximum atomic E-state index is 10.1. The summed E-state index contributed by atoms with van der Waals surface area (Å²) in [6, 6.07) is 0. The summed E-state index contributed by atoms with van der Waals surface area (Å²) in [5.74, 6) is 0. The van der Waals surface area contributed by atoms with Crippen molar-refractivity contribution in [1.29, 1.82) is 0 Å². The molecule has 0 aliphatic rings. The van der Waals surface area contributed by atoms with Crippen LogP contribution in [0.15, 0.2) is 0 Å². The summed E-state index contributed by atoms with van der Waals surface area (Å²) in [4.78, 5) is 0. The first-order valence-corrected chi connectivity index (χ1v) is 9.99. The van der Waals surface area contributed by atoms with Crippen molar-refractivity contribution in [2.24, 2.45) is 0 Å². The summed E-state index contributed by atoms with van der Waals surface area (Å²) >= 11 is 0. The van der Waals surface area contributed by atoms with E-state index in [-0.39, 0.29) is 58.0 Å². The van der Waals surface area contributed by atoms with Gasteiger partial charge in [0.25, 0.3) is 0 Å². The van der Waals surface area contributed by atoms with E-state index in [1.165, 1.54) is 44.9 Å². The van der Waals surface area contributed by atoms with Crippen LogP contribution in [-0.4, -0.2) is 32.8 Å². The molecule has 23 heavy (non-hydrogen) atoms. The zero-order chi connectivity index (χ0) is 17.1. The van der Waals surface area contributed by atoms with Gasteiger partial charge in [-0.1, -0.05) is 64.7 Å². The van der Waals surface area contributed by atoms with Gasteiger partial charge < -0.3 is 9.29 Å². The first kappa shape index (κ1) is 29.2. The first-order chi connectivity index (χ1) is 10.5. The van der Waals surface area contributed by atoms with Crippen molar-refractivity contribution in [2.75, 3.05) is 19.8 Å². The van der Waals surface area contributed by atoms with Crippen molar-refractivity contribution < 1.29 is 73.3 Å². The SMILES string of the molecule is CCCCCCCCCCCCOS(=O)(=O)[O-].CCOCC.[K+]. The molecule has 0 fully saturated rings. The summed E-state index contributed by atoms with van der Waals surface area (Å²) in [6.07, 6.45) is 11.7. The third kappa shape index (κ3) is 35.4. The largest absolute Gasteiger partial charge is 1.00 e. The number of rotatable bonds is 14. The predicted octanol–water partition coefficient (Wildman–Crippen LogP) is 1.43. The maximum absolute atomic E-state index is 10.1. The molecule has 0 N–H and O–H groups in total. The molecule has 0 atom stereocenters. The van der Waals surface area contributed by atoms with Gasteiger partial charge in [0.1, 0.15) is 0 Å². The molecule has 0 bridgehead atoms. The molecule has 7 heteroatoms. The van der Waals surface area contributed by atoms with E-state index in [1.807, 2.05) is 13.8 Å². The fraction of sp³-hybridized carbons (Fsp3) is 1.00. The zero-order valence-electron chi connectivity index (χ0n) is 15.6. The number of ether oxygens (including phenoxy) is 1. The van der Waals surface area contributed by atoms with Gasteiger partial charge >= 0.3 is 51.4 Å². The molecular formula is C16H35KO5S. The Morgan fingerprint density at radius 2 is 1.13 bits per heavy atom. The molecule has 0 aliphatic carbocycles. The van der Waals surface area contributed by atoms with Gasteiger partial charge in [-0.25, -0.2) is 8.42 Å². The van der Waals surface area contributed by atoms with Gasteiger partial charge in [0.15, 0.2) is 0 Å². The van der Waals surface area contributed by atoms with E-state index in [0.717, 1.165) is 26.1 Å². The molecule has 0 spiro atoms. The minimum atomic E-state index is -4.48. The Bertz CT molecular complexity index is 295. The Kier molecular flexibility index (Phi) is 29.8. The molecule has 0 amide bonds. The summed E-state index contributed by atoms with van der Waals surface area (Å²) in [5.41, 5.74) is 0. The monoisotopic (exact) mass is 378 g/mol. The second-order valence-corrected chi connectivity index (χ2v) is 6.25. The van der Waals surface area contributed by atoms with Crippen LogP contribution in [0.2, 0.25) is 0 Å². The smallest absolute Gasteiger partial charge is 0.726 e. The van der Waals surface area contributed by atoms with Gasteiger partial charge in [-0.15, -0.1) is 0 Å². The number of hydrogen-bond donors (Lipinski definition) is 0. The van der Waals surface area contributed by atoms with Gasteiger partial charge in [-0.2, -0.15) is 0 Å². The fourth-order valence-electron chi connectivity index (χ4n) is 1.95. The van der Waals surface area contributed by atoms with E-state index >= 15 is 0 Å². The van der Waals surface area contributed by atoms with Crippen LogP contribution in [0, 0.1) is 0 Å². The van der Waals surface area contributed by atoms with Crippen molar-refractivity contribution in [3.8, 4) is 0 Å². The molecule has 0 heterocycles. The molecule has 136 valence electrons. The van der Waals surface area contributed by atoms with E-state index in [4.69, 9.17) is 4.74 Å². The number of hydrogen-bond acceptors (Lipinski definition) is 5. The minimum absolute atomic E-state index is 0. The molecule has 0 unspecified atom stereocenters. The molecule has 0 saturated carbocycles. The second kappa shape index (κ2) is 23.5. The molecule has 0 aromatic carbocycles. The van der Waals surface area contributed by atoms with E-state index in [1.54, 1.807) is 0 Å². The van der Waals surface area contributed by atoms with Crippen molar-refractivity contribution in [1.82, 2.24) is 0 Å². The van der Waals surface area contributed by atoms with E-state index in [0.29, 0.717) is 6.42 Å². The van der Waals surface area contributed by atoms with Crippen LogP contribution in [0.4, 0.5) is 0 Å². The van der Waals surface area contributed by atoms with Crippen molar-refractivity contribution in [3.05, 3.63) is 0 Å². The van der Waals surface area contributed by atoms with Crippen LogP contribution < -0.4 is 51.4 Å². The molecule has 0 aliphatic heterocycles. The normalized spacial score (nSPS) is 10.6. The summed E-state index contributed by atoms with van der Waals surface area (Å²) in [5, 5.41) is 0. The van der Waals surface area contributed by atoms with Crippen LogP contribution in [0.25, 0.3) is 0 Å². The zero-order valence-corrected chi connectivity index (χ0v) is 19.6. The maximum Gasteiger partial charge on any atom is 1.00 e. The van der Waals surface area contributed by atoms with Crippen LogP contribution >= 0.6 is 0 Å². The molecule has 0 saturated heterocycles. The van der Waals surface area contributed by atoms with Crippen LogP contribution in [-0.2, 0) is 19.3 Å². The Hall–Kier alpha value is 1.47. The van der Waals surface area contributed by atoms with Gasteiger partial charge in [-0.05, 0) is 20.3 Å². The Morgan fingerprint density at radius 3 is 1.43 bits per heavy atom. The minimum Gasteiger partial charge on any atom is -0.726 e. The molecule has 0 aromatic heterocycles. The fourth-order valence-corrected chi connectivity index (χ4v) is 2.28. The topological polar surface area (TPSA) is 75.7 Å². The van der Waals surface area contributed by atoms with Crippen molar-refractivity contribution in [3.63, 3.8) is 0 Å². The third-order valence-corrected chi connectivity index (χ3v) is 3.59. The van der Waals surface area contributed by atoms with Crippen molar-refractivity contribution in [2.45, 2.75) is 85.0 Å². The molecule has 0 rings (SSSR count). The second-order valence-electron chi connectivity index (χ2n) is 5.19. The molecule has 0 radical (unpaired) electrons. The third-order valence-electron chi connectivity index (χ3n) is 3.13. The van der Waals surface area contributed by atoms with E-state index in [2.05, 4.69) is 11.1 Å². The molecule has 5 nitrogen and oxygen atoms in total. The van der Waals surface area contributed by atoms with Gasteiger partial charge in [-0.3, -0.25) is 4.18 Å². The Balaban J connectivity index is -0.000000578. The van der Waals surface area contributed by atoms with Gasteiger partial charge in [0.05, 0.1) is 6.61 Å². The quantitative estimate of drug-likeness (QED) is 0.198. The predicted molar refractivity (Wildman–Crippen MR) is 89.7 cm³/mol. The number of unbranched alkanes of at least 4 members (excludes halogenated alkanes) is 9. The van der Waals surface area contributed by atoms with E-state index < -0.39 is 10.4 Å². The summed E-state index contributed by atoms with van der Waals surface area (Å²) in [7, 11) is -4.48. The van der Waals surface area contributed by atoms with Crippen LogP contribution in [0.1, 0.15) is 85.0 Å². The Labute approximate surface area is 186 Å². The standard InChI is InChI=1S/C12H26O4S.C4H10O.K/c1-2-3-4-5-6-7-8-9-10-11-12-16-17(13,14)15;1-3-5-4-2;/h2-12H2,1H3,(H,13,14,15);3-4H2,1-2H3;/q;;+1/p-1. The van der Waals surface area contributed by atoms with Gasteiger partial charge in [0, 0.05) is 13.2 Å². The van der Waals surface area contributed by atoms with Crippen LogP contribution in [0.5, 0.6) is 0 Å². The molecular weight excluding hydrogens is 343 g/mol. The average Bonchev–Trinajstić information content (AvgIpc) is 2.45. The van der Waals surface area contributed by atoms with Gasteiger partial charge in [0.2, 0.25) is 10.4 Å². The van der Waals surface area contributed by atoms with Crippen molar-refractivity contribution >= 4 is 10.4 Å². The van der Waals surface area contributed by atoms with Crippen LogP contribution in [0.3, 0.4) is 0 Å². The molecule has 0 aromatic rings. The summed E-state index contributed by atoms with van der Waals surface area (Å²) < 4.78 is 39.3. The summed E-state index contributed by atoms with van der Waals surface area (Å²) in [6.45, 7) is 7.91. The first-order valence-electron chi connectivity index (χ1n) is 8.65.